The molecule has 9 nitrogen and oxygen atoms in total. The summed E-state index contributed by atoms with van der Waals surface area (Å²) in [7, 11) is -4.17. The van der Waals surface area contributed by atoms with E-state index in [0.29, 0.717) is 23.2 Å². The molecule has 10 heteroatoms. The number of amides is 1. The average Bonchev–Trinajstić information content (AvgIpc) is 2.97. The number of aryl methyl sites for hydroxylation is 2. The molecule has 3 aromatic carbocycles. The molecule has 0 spiro atoms. The lowest BCUT2D eigenvalue weighted by atomic mass is 9.99. The molecule has 1 aromatic heterocycles. The molecule has 5 rings (SSSR count). The first-order valence-corrected chi connectivity index (χ1v) is 15.5. The molecule has 0 radical (unpaired) electrons. The molecule has 220 valence electrons. The lowest BCUT2D eigenvalue weighted by Crippen LogP contribution is -2.44. The summed E-state index contributed by atoms with van der Waals surface area (Å²) >= 11 is 0. The summed E-state index contributed by atoms with van der Waals surface area (Å²) in [4.78, 5) is 24.7. The van der Waals surface area contributed by atoms with E-state index in [1.165, 1.54) is 18.2 Å². The molecule has 1 atom stereocenters. The number of nitrogens with zero attached hydrogens (tertiary/aromatic N) is 4. The number of rotatable bonds is 5. The Hall–Kier alpha value is -4.75. The van der Waals surface area contributed by atoms with Crippen LogP contribution in [0.2, 0.25) is 0 Å². The second-order valence-corrected chi connectivity index (χ2v) is 12.8. The largest absolute Gasteiger partial charge is 0.475 e. The number of benzene rings is 3. The van der Waals surface area contributed by atoms with Crippen LogP contribution in [0.5, 0.6) is 5.88 Å². The first kappa shape index (κ1) is 29.7. The van der Waals surface area contributed by atoms with Crippen LogP contribution < -0.4 is 9.46 Å². The van der Waals surface area contributed by atoms with Crippen molar-refractivity contribution >= 4 is 21.9 Å². The first-order valence-electron chi connectivity index (χ1n) is 14.1. The standard InChI is InChI=1S/C33H33N5O4S/c1-21(2)15-27-20-42-30-17-29(31-22(3)9-7-10-23(31)4)35-33(36-30)37-43(40,41)28-14-8-13-24(16-28)32(39)38(27)19-26-12-6-5-11-25(26)18-34/h5-14,16-17,21,27H,15,19-20H2,1-4H3,(H,35,36,37)/t27-/m1/s1. The van der Waals surface area contributed by atoms with Gasteiger partial charge in [0.05, 0.1) is 28.3 Å². The number of carbonyl (C=O) groups excluding carboxylic acids is 1. The van der Waals surface area contributed by atoms with Gasteiger partial charge in [0.15, 0.2) is 0 Å². The van der Waals surface area contributed by atoms with Crippen molar-refractivity contribution < 1.29 is 17.9 Å². The van der Waals surface area contributed by atoms with E-state index in [0.717, 1.165) is 16.7 Å². The summed E-state index contributed by atoms with van der Waals surface area (Å²) < 4.78 is 35.8. The minimum Gasteiger partial charge on any atom is -0.475 e. The van der Waals surface area contributed by atoms with Gasteiger partial charge in [0.25, 0.3) is 15.9 Å². The van der Waals surface area contributed by atoms with E-state index in [9.17, 15) is 18.5 Å². The normalized spacial score (nSPS) is 16.2. The van der Waals surface area contributed by atoms with Gasteiger partial charge in [0.1, 0.15) is 6.61 Å². The van der Waals surface area contributed by atoms with Gasteiger partial charge in [-0.2, -0.15) is 10.2 Å². The molecule has 2 heterocycles. The molecule has 1 aliphatic rings. The highest BCUT2D eigenvalue weighted by molar-refractivity contribution is 7.92. The Morgan fingerprint density at radius 3 is 2.47 bits per heavy atom. The molecule has 1 N–H and O–H groups in total. The van der Waals surface area contributed by atoms with Gasteiger partial charge in [-0.3, -0.25) is 4.79 Å². The highest BCUT2D eigenvalue weighted by Gasteiger charge is 2.29. The zero-order valence-electron chi connectivity index (χ0n) is 24.5. The fraction of sp³-hybridized carbons (Fsp3) is 0.273. The van der Waals surface area contributed by atoms with Gasteiger partial charge in [-0.25, -0.2) is 18.1 Å². The number of hydrogen-bond acceptors (Lipinski definition) is 7. The van der Waals surface area contributed by atoms with Gasteiger partial charge in [-0.15, -0.1) is 0 Å². The number of carbonyl (C=O) groups is 1. The number of ether oxygens (including phenoxy) is 1. The van der Waals surface area contributed by atoms with Crippen molar-refractivity contribution in [1.82, 2.24) is 14.9 Å². The van der Waals surface area contributed by atoms with Crippen LogP contribution in [0.3, 0.4) is 0 Å². The van der Waals surface area contributed by atoms with Crippen LogP contribution in [0.1, 0.15) is 52.9 Å². The minimum absolute atomic E-state index is 0.0910. The molecule has 4 aromatic rings. The Labute approximate surface area is 252 Å². The Morgan fingerprint density at radius 1 is 1.02 bits per heavy atom. The van der Waals surface area contributed by atoms with Crippen LogP contribution in [0.15, 0.2) is 77.7 Å². The summed E-state index contributed by atoms with van der Waals surface area (Å²) in [6.45, 7) is 8.28. The predicted molar refractivity (Wildman–Crippen MR) is 164 cm³/mol. The van der Waals surface area contributed by atoms with Crippen molar-refractivity contribution in [2.45, 2.75) is 51.6 Å². The molecule has 43 heavy (non-hydrogen) atoms. The number of sulfonamides is 1. The Balaban J connectivity index is 1.68. The van der Waals surface area contributed by atoms with Crippen LogP contribution in [-0.4, -0.2) is 41.8 Å². The second kappa shape index (κ2) is 12.2. The fourth-order valence-electron chi connectivity index (χ4n) is 5.36. The predicted octanol–water partition coefficient (Wildman–Crippen LogP) is 5.88. The molecule has 4 bridgehead atoms. The first-order chi connectivity index (χ1) is 20.6. The molecular weight excluding hydrogens is 562 g/mol. The third-order valence-electron chi connectivity index (χ3n) is 7.40. The van der Waals surface area contributed by atoms with Crippen molar-refractivity contribution in [1.29, 1.82) is 5.26 Å². The van der Waals surface area contributed by atoms with E-state index < -0.39 is 16.1 Å². The Morgan fingerprint density at radius 2 is 1.74 bits per heavy atom. The maximum absolute atomic E-state index is 14.2. The van der Waals surface area contributed by atoms with E-state index in [-0.39, 0.29) is 47.3 Å². The van der Waals surface area contributed by atoms with E-state index >= 15 is 0 Å². The fourth-order valence-corrected chi connectivity index (χ4v) is 6.35. The minimum atomic E-state index is -4.17. The zero-order valence-corrected chi connectivity index (χ0v) is 25.4. The van der Waals surface area contributed by atoms with Crippen LogP contribution in [-0.2, 0) is 16.6 Å². The SMILES string of the molecule is Cc1cccc(C)c1-c1cc2nc(n1)NS(=O)(=O)c1cccc(c1)C(=O)N(Cc1ccccc1C#N)[C@H](CC(C)C)CO2. The molecule has 1 amide bonds. The smallest absolute Gasteiger partial charge is 0.264 e. The van der Waals surface area contributed by atoms with Gasteiger partial charge in [-0.05, 0) is 67.1 Å². The van der Waals surface area contributed by atoms with Gasteiger partial charge in [-0.1, -0.05) is 56.3 Å². The molecule has 0 saturated carbocycles. The summed E-state index contributed by atoms with van der Waals surface area (Å²) in [5.74, 6) is -0.126. The van der Waals surface area contributed by atoms with E-state index in [1.807, 2.05) is 44.2 Å². The highest BCUT2D eigenvalue weighted by Crippen LogP contribution is 2.30. The number of nitriles is 1. The van der Waals surface area contributed by atoms with Crippen molar-refractivity contribution in [3.05, 3.63) is 101 Å². The quantitative estimate of drug-likeness (QED) is 0.305. The van der Waals surface area contributed by atoms with Gasteiger partial charge >= 0.3 is 0 Å². The van der Waals surface area contributed by atoms with Crippen molar-refractivity contribution in [3.8, 4) is 23.2 Å². The number of hydrogen-bond donors (Lipinski definition) is 1. The summed E-state index contributed by atoms with van der Waals surface area (Å²) in [6.07, 6.45) is 0.596. The lowest BCUT2D eigenvalue weighted by Gasteiger charge is -2.33. The van der Waals surface area contributed by atoms with Crippen molar-refractivity contribution in [3.63, 3.8) is 0 Å². The maximum Gasteiger partial charge on any atom is 0.264 e. The third kappa shape index (κ3) is 6.52. The van der Waals surface area contributed by atoms with Crippen LogP contribution >= 0.6 is 0 Å². The monoisotopic (exact) mass is 595 g/mol. The molecule has 1 aliphatic heterocycles. The highest BCUT2D eigenvalue weighted by atomic mass is 32.2. The average molecular weight is 596 g/mol. The van der Waals surface area contributed by atoms with Crippen LogP contribution in [0.4, 0.5) is 5.95 Å². The molecule has 0 fully saturated rings. The van der Waals surface area contributed by atoms with Crippen LogP contribution in [0, 0.1) is 31.1 Å². The number of anilines is 1. The zero-order chi connectivity index (χ0) is 30.7. The number of fused-ring (bicyclic) bond motifs is 4. The summed E-state index contributed by atoms with van der Waals surface area (Å²) in [5.41, 5.74) is 4.65. The molecule has 0 saturated heterocycles. The molecule has 0 unspecified atom stereocenters. The van der Waals surface area contributed by atoms with Gasteiger partial charge < -0.3 is 9.64 Å². The van der Waals surface area contributed by atoms with Gasteiger partial charge in [0, 0.05) is 23.7 Å². The number of aromatic nitrogens is 2. The Kier molecular flexibility index (Phi) is 8.46. The number of nitrogens with one attached hydrogen (secondary N) is 1. The second-order valence-electron chi connectivity index (χ2n) is 11.1. The summed E-state index contributed by atoms with van der Waals surface area (Å²) in [6, 6.07) is 22.4. The van der Waals surface area contributed by atoms with Crippen molar-refractivity contribution in [2.75, 3.05) is 11.3 Å². The topological polar surface area (TPSA) is 125 Å². The van der Waals surface area contributed by atoms with Crippen LogP contribution in [0.25, 0.3) is 11.3 Å². The maximum atomic E-state index is 14.2. The molecule has 0 aliphatic carbocycles. The Bertz CT molecular complexity index is 1810. The van der Waals surface area contributed by atoms with Gasteiger partial charge in [0.2, 0.25) is 11.8 Å². The summed E-state index contributed by atoms with van der Waals surface area (Å²) in [5, 5.41) is 9.75. The van der Waals surface area contributed by atoms with Crippen molar-refractivity contribution in [2.24, 2.45) is 5.92 Å². The third-order valence-corrected chi connectivity index (χ3v) is 8.73. The lowest BCUT2D eigenvalue weighted by molar-refractivity contribution is 0.0553. The van der Waals surface area contributed by atoms with E-state index in [2.05, 4.69) is 34.6 Å². The van der Waals surface area contributed by atoms with E-state index in [1.54, 1.807) is 29.2 Å². The molecular formula is C33H33N5O4S. The van der Waals surface area contributed by atoms with E-state index in [4.69, 9.17) is 4.74 Å².